The predicted molar refractivity (Wildman–Crippen MR) is 89.7 cm³/mol. The van der Waals surface area contributed by atoms with Crippen molar-refractivity contribution >= 4 is 17.5 Å². The Bertz CT molecular complexity index is 988. The summed E-state index contributed by atoms with van der Waals surface area (Å²) in [5.41, 5.74) is 4.40. The van der Waals surface area contributed by atoms with E-state index in [1.165, 1.54) is 25.6 Å². The van der Waals surface area contributed by atoms with E-state index in [-0.39, 0.29) is 28.3 Å². The van der Waals surface area contributed by atoms with Crippen LogP contribution in [0.15, 0.2) is 36.9 Å². The summed E-state index contributed by atoms with van der Waals surface area (Å²) in [6.07, 6.45) is -0.616. The molecule has 2 aromatic heterocycles. The number of carbonyl (C=O) groups excluding carboxylic acids is 1. The molecule has 0 fully saturated rings. The van der Waals surface area contributed by atoms with Gasteiger partial charge in [0.15, 0.2) is 5.82 Å². The molecule has 1 aromatic carbocycles. The Balaban J connectivity index is 2.21. The Morgan fingerprint density at radius 2 is 1.89 bits per heavy atom. The standard InChI is InChI=1S/C16H12ClF3N6O/c1-15(17,12-11(22-4-5-23-12)14-24-7-25-26-14)10-3-2-8(16(18,19)20)6-9(10)13(21)27/h2-7H,1H3,(H2,21,27)(H,24,25,26). The number of carbonyl (C=O) groups is 1. The molecule has 3 N–H and O–H groups in total. The molecule has 0 spiro atoms. The van der Waals surface area contributed by atoms with Gasteiger partial charge in [-0.05, 0) is 24.6 Å². The van der Waals surface area contributed by atoms with Gasteiger partial charge in [-0.15, -0.1) is 11.6 Å². The lowest BCUT2D eigenvalue weighted by Crippen LogP contribution is -2.26. The Kier molecular flexibility index (Phi) is 4.60. The molecule has 3 aromatic rings. The van der Waals surface area contributed by atoms with Crippen molar-refractivity contribution in [2.75, 3.05) is 0 Å². The van der Waals surface area contributed by atoms with Crippen LogP contribution in [-0.4, -0.2) is 31.1 Å². The minimum Gasteiger partial charge on any atom is -0.366 e. The van der Waals surface area contributed by atoms with Gasteiger partial charge in [0, 0.05) is 18.0 Å². The fourth-order valence-electron chi connectivity index (χ4n) is 2.64. The molecule has 2 heterocycles. The predicted octanol–water partition coefficient (Wildman–Crippen LogP) is 2.88. The summed E-state index contributed by atoms with van der Waals surface area (Å²) >= 11 is 6.67. The van der Waals surface area contributed by atoms with Crippen LogP contribution in [0.2, 0.25) is 0 Å². The van der Waals surface area contributed by atoms with Gasteiger partial charge in [0.1, 0.15) is 16.9 Å². The van der Waals surface area contributed by atoms with E-state index in [0.717, 1.165) is 12.1 Å². The van der Waals surface area contributed by atoms with Gasteiger partial charge >= 0.3 is 6.18 Å². The second-order valence-electron chi connectivity index (χ2n) is 5.71. The molecule has 0 saturated heterocycles. The number of amides is 1. The maximum absolute atomic E-state index is 13.0. The van der Waals surface area contributed by atoms with E-state index < -0.39 is 22.5 Å². The number of nitrogens with two attached hydrogens (primary N) is 1. The first-order valence-corrected chi connectivity index (χ1v) is 7.88. The zero-order chi connectivity index (χ0) is 19.8. The monoisotopic (exact) mass is 396 g/mol. The summed E-state index contributed by atoms with van der Waals surface area (Å²) in [6, 6.07) is 2.60. The van der Waals surface area contributed by atoms with E-state index in [1.807, 2.05) is 0 Å². The molecule has 0 radical (unpaired) electrons. The third-order valence-corrected chi connectivity index (χ3v) is 4.28. The largest absolute Gasteiger partial charge is 0.416 e. The maximum atomic E-state index is 13.0. The summed E-state index contributed by atoms with van der Waals surface area (Å²) in [7, 11) is 0. The third-order valence-electron chi connectivity index (χ3n) is 3.90. The zero-order valence-corrected chi connectivity index (χ0v) is 14.5. The lowest BCUT2D eigenvalue weighted by atomic mass is 9.89. The van der Waals surface area contributed by atoms with Crippen molar-refractivity contribution < 1.29 is 18.0 Å². The van der Waals surface area contributed by atoms with Gasteiger partial charge < -0.3 is 5.73 Å². The smallest absolute Gasteiger partial charge is 0.366 e. The number of primary amides is 1. The van der Waals surface area contributed by atoms with Crippen LogP contribution in [0.4, 0.5) is 13.2 Å². The number of nitrogens with one attached hydrogen (secondary N) is 1. The first kappa shape index (κ1) is 18.8. The molecule has 11 heteroatoms. The fraction of sp³-hybridized carbons (Fsp3) is 0.188. The summed E-state index contributed by atoms with van der Waals surface area (Å²) in [5.74, 6) is -0.786. The van der Waals surface area contributed by atoms with Crippen molar-refractivity contribution in [3.63, 3.8) is 0 Å². The topological polar surface area (TPSA) is 110 Å². The number of H-pyrrole nitrogens is 1. The fourth-order valence-corrected chi connectivity index (χ4v) is 2.94. The van der Waals surface area contributed by atoms with Crippen molar-refractivity contribution in [2.24, 2.45) is 5.73 Å². The van der Waals surface area contributed by atoms with Crippen LogP contribution in [0.5, 0.6) is 0 Å². The van der Waals surface area contributed by atoms with Crippen molar-refractivity contribution in [1.82, 2.24) is 25.1 Å². The summed E-state index contributed by atoms with van der Waals surface area (Å²) in [6.45, 7) is 1.48. The molecule has 3 rings (SSSR count). The molecule has 0 saturated carbocycles. The van der Waals surface area contributed by atoms with Gasteiger partial charge in [0.05, 0.1) is 11.3 Å². The van der Waals surface area contributed by atoms with E-state index in [4.69, 9.17) is 17.3 Å². The van der Waals surface area contributed by atoms with E-state index >= 15 is 0 Å². The summed E-state index contributed by atoms with van der Waals surface area (Å²) in [4.78, 5) is 22.7. The van der Waals surface area contributed by atoms with Crippen LogP contribution in [0, 0.1) is 0 Å². The van der Waals surface area contributed by atoms with E-state index in [1.54, 1.807) is 0 Å². The van der Waals surface area contributed by atoms with Gasteiger partial charge in [-0.3, -0.25) is 14.9 Å². The molecule has 0 aliphatic rings. The number of benzene rings is 1. The highest BCUT2D eigenvalue weighted by Crippen LogP contribution is 2.41. The number of rotatable bonds is 4. The minimum absolute atomic E-state index is 0.0610. The second-order valence-corrected chi connectivity index (χ2v) is 6.47. The van der Waals surface area contributed by atoms with Crippen LogP contribution in [0.1, 0.15) is 34.1 Å². The molecule has 0 aliphatic carbocycles. The summed E-state index contributed by atoms with van der Waals surface area (Å²) < 4.78 is 39.0. The lowest BCUT2D eigenvalue weighted by Gasteiger charge is -2.26. The van der Waals surface area contributed by atoms with Crippen molar-refractivity contribution in [3.05, 3.63) is 59.3 Å². The van der Waals surface area contributed by atoms with Gasteiger partial charge in [-0.1, -0.05) is 6.07 Å². The van der Waals surface area contributed by atoms with Gasteiger partial charge in [-0.25, -0.2) is 9.97 Å². The lowest BCUT2D eigenvalue weighted by molar-refractivity contribution is -0.137. The Hall–Kier alpha value is -3.01. The molecule has 1 atom stereocenters. The van der Waals surface area contributed by atoms with Gasteiger partial charge in [0.25, 0.3) is 0 Å². The molecule has 140 valence electrons. The molecule has 27 heavy (non-hydrogen) atoms. The Morgan fingerprint density at radius 1 is 1.19 bits per heavy atom. The van der Waals surface area contributed by atoms with Crippen LogP contribution in [0.25, 0.3) is 11.5 Å². The number of alkyl halides is 4. The maximum Gasteiger partial charge on any atom is 0.416 e. The van der Waals surface area contributed by atoms with Crippen LogP contribution < -0.4 is 5.73 Å². The van der Waals surface area contributed by atoms with Crippen LogP contribution in [0.3, 0.4) is 0 Å². The van der Waals surface area contributed by atoms with Gasteiger partial charge in [-0.2, -0.15) is 18.3 Å². The molecule has 1 amide bonds. The summed E-state index contributed by atoms with van der Waals surface area (Å²) in [5, 5.41) is 6.35. The number of hydrogen-bond acceptors (Lipinski definition) is 5. The molecule has 7 nitrogen and oxygen atoms in total. The highest BCUT2D eigenvalue weighted by Gasteiger charge is 2.38. The number of aromatic amines is 1. The highest BCUT2D eigenvalue weighted by molar-refractivity contribution is 6.26. The van der Waals surface area contributed by atoms with Crippen molar-refractivity contribution in [1.29, 1.82) is 0 Å². The van der Waals surface area contributed by atoms with Gasteiger partial charge in [0.2, 0.25) is 5.91 Å². The second kappa shape index (κ2) is 6.62. The number of hydrogen-bond donors (Lipinski definition) is 2. The van der Waals surface area contributed by atoms with Crippen molar-refractivity contribution in [2.45, 2.75) is 18.0 Å². The first-order valence-electron chi connectivity index (χ1n) is 7.50. The minimum atomic E-state index is -4.64. The number of aromatic nitrogens is 5. The molecular formula is C16H12ClF3N6O. The molecule has 1 unspecified atom stereocenters. The number of halogens is 4. The molecular weight excluding hydrogens is 385 g/mol. The molecule has 0 aliphatic heterocycles. The first-order chi connectivity index (χ1) is 12.6. The number of nitrogens with zero attached hydrogens (tertiary/aromatic N) is 4. The Labute approximate surface area is 155 Å². The van der Waals surface area contributed by atoms with Crippen molar-refractivity contribution in [3.8, 4) is 11.5 Å². The van der Waals surface area contributed by atoms with E-state index in [9.17, 15) is 18.0 Å². The molecule has 0 bridgehead atoms. The third kappa shape index (κ3) is 3.47. The van der Waals surface area contributed by atoms with E-state index in [2.05, 4.69) is 25.1 Å². The normalized spacial score (nSPS) is 14.0. The highest BCUT2D eigenvalue weighted by atomic mass is 35.5. The Morgan fingerprint density at radius 3 is 2.48 bits per heavy atom. The van der Waals surface area contributed by atoms with Crippen LogP contribution >= 0.6 is 11.6 Å². The van der Waals surface area contributed by atoms with E-state index in [0.29, 0.717) is 6.07 Å². The SMILES string of the molecule is CC(Cl)(c1ccc(C(F)(F)F)cc1C(N)=O)c1nccnc1-c1ncn[nH]1. The quantitative estimate of drug-likeness (QED) is 0.659. The van der Waals surface area contributed by atoms with Crippen LogP contribution in [-0.2, 0) is 11.1 Å². The average molecular weight is 397 g/mol. The zero-order valence-electron chi connectivity index (χ0n) is 13.8. The average Bonchev–Trinajstić information content (AvgIpc) is 3.15.